The Hall–Kier alpha value is 0.340. The third-order valence-electron chi connectivity index (χ3n) is 0.863. The van der Waals surface area contributed by atoms with Gasteiger partial charge in [-0.1, -0.05) is 21.6 Å². The van der Waals surface area contributed by atoms with Gasteiger partial charge in [0, 0.05) is 0 Å². The van der Waals surface area contributed by atoms with Crippen molar-refractivity contribution < 1.29 is 9.90 Å². The molecule has 0 aliphatic carbocycles. The summed E-state index contributed by atoms with van der Waals surface area (Å²) in [6.07, 6.45) is 0. The summed E-state index contributed by atoms with van der Waals surface area (Å²) < 4.78 is 0. The Balaban J connectivity index is 2.63. The van der Waals surface area contributed by atoms with Crippen LogP contribution in [0.3, 0.4) is 0 Å². The van der Waals surface area contributed by atoms with E-state index in [1.807, 2.05) is 5.41 Å². The molecule has 0 saturated heterocycles. The highest BCUT2D eigenvalue weighted by Crippen LogP contribution is 2.43. The first-order valence-electron chi connectivity index (χ1n) is 2.22. The van der Waals surface area contributed by atoms with Crippen LogP contribution in [0, 0.1) is 0 Å². The number of rotatable bonds is 1. The molecule has 0 aromatic rings. The van der Waals surface area contributed by atoms with Crippen molar-refractivity contribution in [3.63, 3.8) is 0 Å². The molecule has 0 spiro atoms. The average Bonchev–Trinajstić information content (AvgIpc) is 2.13. The van der Waals surface area contributed by atoms with Crippen molar-refractivity contribution >= 4 is 36.8 Å². The van der Waals surface area contributed by atoms with Crippen molar-refractivity contribution in [1.82, 2.24) is 0 Å². The van der Waals surface area contributed by atoms with E-state index in [1.54, 1.807) is 0 Å². The van der Waals surface area contributed by atoms with Crippen molar-refractivity contribution in [2.75, 3.05) is 0 Å². The fraction of sp³-hybridized carbons (Fsp3) is 0.250. The molecule has 2 unspecified atom stereocenters. The Morgan fingerprint density at radius 3 is 2.78 bits per heavy atom. The van der Waals surface area contributed by atoms with Crippen molar-refractivity contribution in [2.24, 2.45) is 0 Å². The van der Waals surface area contributed by atoms with Crippen LogP contribution in [0.4, 0.5) is 0 Å². The molecule has 2 atom stereocenters. The summed E-state index contributed by atoms with van der Waals surface area (Å²) in [5, 5.41) is 10.8. The minimum Gasteiger partial charge on any atom is -0.480 e. The second-order valence-electron chi connectivity index (χ2n) is 1.53. The highest BCUT2D eigenvalue weighted by molar-refractivity contribution is 8.78. The van der Waals surface area contributed by atoms with Gasteiger partial charge >= 0.3 is 5.97 Å². The monoisotopic (exact) mass is 180 g/mol. The van der Waals surface area contributed by atoms with E-state index in [0.717, 1.165) is 5.31 Å². The lowest BCUT2D eigenvalue weighted by atomic mass is 10.4. The second kappa shape index (κ2) is 2.95. The first-order chi connectivity index (χ1) is 4.22. The van der Waals surface area contributed by atoms with E-state index in [-0.39, 0.29) is 5.25 Å². The molecule has 0 radical (unpaired) electrons. The topological polar surface area (TPSA) is 37.3 Å². The lowest BCUT2D eigenvalue weighted by Crippen LogP contribution is -2.12. The molecule has 50 valence electrons. The van der Waals surface area contributed by atoms with Gasteiger partial charge in [0.05, 0.1) is 0 Å². The van der Waals surface area contributed by atoms with Gasteiger partial charge in [-0.3, -0.25) is 4.79 Å². The van der Waals surface area contributed by atoms with E-state index in [4.69, 9.17) is 5.11 Å². The minimum absolute atomic E-state index is 0.347. The van der Waals surface area contributed by atoms with Gasteiger partial charge in [0.25, 0.3) is 0 Å². The smallest absolute Gasteiger partial charge is 0.322 e. The summed E-state index contributed by atoms with van der Waals surface area (Å²) in [6.45, 7) is 0. The van der Waals surface area contributed by atoms with Crippen LogP contribution in [0.2, 0.25) is 0 Å². The van der Waals surface area contributed by atoms with Crippen LogP contribution in [-0.4, -0.2) is 16.3 Å². The van der Waals surface area contributed by atoms with E-state index in [9.17, 15) is 4.79 Å². The zero-order chi connectivity index (χ0) is 6.85. The fourth-order valence-electron chi connectivity index (χ4n) is 0.440. The van der Waals surface area contributed by atoms with Crippen molar-refractivity contribution in [1.29, 1.82) is 0 Å². The Kier molecular flexibility index (Phi) is 2.44. The van der Waals surface area contributed by atoms with Crippen molar-refractivity contribution in [3.8, 4) is 0 Å². The molecule has 0 aromatic heterocycles. The highest BCUT2D eigenvalue weighted by Gasteiger charge is 2.24. The molecule has 1 rings (SSSR count). The van der Waals surface area contributed by atoms with Gasteiger partial charge in [-0.25, -0.2) is 0 Å². The maximum atomic E-state index is 10.3. The van der Waals surface area contributed by atoms with Crippen LogP contribution in [0.5, 0.6) is 0 Å². The molecular formula is C4H5O2PS2. The lowest BCUT2D eigenvalue weighted by Gasteiger charge is -2.00. The summed E-state index contributed by atoms with van der Waals surface area (Å²) in [6, 6.07) is 0. The maximum Gasteiger partial charge on any atom is 0.322 e. The normalized spacial score (nSPS) is 25.9. The van der Waals surface area contributed by atoms with Gasteiger partial charge in [-0.2, -0.15) is 0 Å². The number of carboxylic acids is 1. The van der Waals surface area contributed by atoms with Crippen LogP contribution in [-0.2, 0) is 4.79 Å². The summed E-state index contributed by atoms with van der Waals surface area (Å²) >= 11 is 0. The first kappa shape index (κ1) is 7.45. The highest BCUT2D eigenvalue weighted by atomic mass is 33.1. The predicted octanol–water partition coefficient (Wildman–Crippen LogP) is 1.55. The van der Waals surface area contributed by atoms with Crippen LogP contribution >= 0.6 is 30.8 Å². The van der Waals surface area contributed by atoms with Crippen LogP contribution in [0.15, 0.2) is 10.7 Å². The average molecular weight is 180 g/mol. The third kappa shape index (κ3) is 1.63. The SMILES string of the molecule is O=C(O)C1SSC=C1P. The van der Waals surface area contributed by atoms with E-state index >= 15 is 0 Å². The molecule has 1 N–H and O–H groups in total. The van der Waals surface area contributed by atoms with Gasteiger partial charge in [0.2, 0.25) is 0 Å². The van der Waals surface area contributed by atoms with E-state index in [2.05, 4.69) is 9.24 Å². The van der Waals surface area contributed by atoms with Gasteiger partial charge in [-0.05, 0) is 10.7 Å². The zero-order valence-corrected chi connectivity index (χ0v) is 7.19. The van der Waals surface area contributed by atoms with E-state index in [1.165, 1.54) is 21.6 Å². The molecule has 0 saturated carbocycles. The first-order valence-corrected chi connectivity index (χ1v) is 5.07. The van der Waals surface area contributed by atoms with Crippen molar-refractivity contribution in [2.45, 2.75) is 5.25 Å². The fourth-order valence-corrected chi connectivity index (χ4v) is 3.76. The van der Waals surface area contributed by atoms with Gasteiger partial charge in [-0.15, -0.1) is 9.24 Å². The maximum absolute atomic E-state index is 10.3. The third-order valence-corrected chi connectivity index (χ3v) is 4.19. The Morgan fingerprint density at radius 1 is 1.89 bits per heavy atom. The molecule has 9 heavy (non-hydrogen) atoms. The molecule has 5 heteroatoms. The van der Waals surface area contributed by atoms with E-state index < -0.39 is 5.97 Å². The summed E-state index contributed by atoms with van der Waals surface area (Å²) in [5.74, 6) is -0.758. The Bertz CT molecular complexity index is 168. The second-order valence-corrected chi connectivity index (χ2v) is 4.44. The minimum atomic E-state index is -0.758. The Morgan fingerprint density at radius 2 is 2.56 bits per heavy atom. The van der Waals surface area contributed by atoms with Crippen molar-refractivity contribution in [3.05, 3.63) is 10.7 Å². The quantitative estimate of drug-likeness (QED) is 0.490. The number of hydrogen-bond donors (Lipinski definition) is 1. The molecule has 2 nitrogen and oxygen atoms in total. The zero-order valence-electron chi connectivity index (χ0n) is 4.40. The standard InChI is InChI=1S/C4H5O2PS2/c5-4(6)3-2(7)1-8-9-3/h1,3H,7H2,(H,5,6). The number of aliphatic carboxylic acids is 1. The molecule has 1 aliphatic rings. The predicted molar refractivity (Wildman–Crippen MR) is 44.4 cm³/mol. The number of carboxylic acid groups (broad SMARTS) is 1. The van der Waals surface area contributed by atoms with Crippen LogP contribution in [0.25, 0.3) is 0 Å². The van der Waals surface area contributed by atoms with Gasteiger partial charge < -0.3 is 5.11 Å². The summed E-state index contributed by atoms with van der Waals surface area (Å²) in [5.41, 5.74) is 0. The number of carbonyl (C=O) groups is 1. The van der Waals surface area contributed by atoms with Gasteiger partial charge in [0.15, 0.2) is 0 Å². The molecule has 1 aliphatic heterocycles. The number of hydrogen-bond acceptors (Lipinski definition) is 3. The van der Waals surface area contributed by atoms with Crippen LogP contribution < -0.4 is 0 Å². The molecular weight excluding hydrogens is 175 g/mol. The summed E-state index contributed by atoms with van der Waals surface area (Å²) in [7, 11) is 5.25. The molecule has 0 fully saturated rings. The van der Waals surface area contributed by atoms with Gasteiger partial charge in [0.1, 0.15) is 5.25 Å². The van der Waals surface area contributed by atoms with Crippen LogP contribution in [0.1, 0.15) is 0 Å². The summed E-state index contributed by atoms with van der Waals surface area (Å²) in [4.78, 5) is 10.3. The molecule has 1 heterocycles. The lowest BCUT2D eigenvalue weighted by molar-refractivity contribution is -0.135. The Labute approximate surface area is 63.1 Å². The molecule has 0 bridgehead atoms. The van der Waals surface area contributed by atoms with E-state index in [0.29, 0.717) is 0 Å². The molecule has 0 amide bonds. The largest absolute Gasteiger partial charge is 0.480 e. The molecule has 0 aromatic carbocycles.